The molecule has 0 aromatic heterocycles. The van der Waals surface area contributed by atoms with Gasteiger partial charge in [0.05, 0.1) is 6.61 Å². The zero-order valence-corrected chi connectivity index (χ0v) is 7.49. The summed E-state index contributed by atoms with van der Waals surface area (Å²) >= 11 is 0. The third-order valence-corrected chi connectivity index (χ3v) is 1.42. The molecule has 0 aliphatic carbocycles. The molecule has 0 saturated heterocycles. The lowest BCUT2D eigenvalue weighted by Crippen LogP contribution is -1.89. The second kappa shape index (κ2) is 6.05. The first-order valence-corrected chi connectivity index (χ1v) is 4.16. The normalized spacial score (nSPS) is 8.62. The van der Waals surface area contributed by atoms with Gasteiger partial charge in [-0.3, -0.25) is 0 Å². The molecule has 0 amide bonds. The number of hydrogen-bond acceptors (Lipinski definition) is 1. The summed E-state index contributed by atoms with van der Waals surface area (Å²) in [6, 6.07) is 9.85. The lowest BCUT2D eigenvalue weighted by Gasteiger charge is -1.90. The van der Waals surface area contributed by atoms with E-state index in [1.54, 1.807) is 6.08 Å². The van der Waals surface area contributed by atoms with E-state index in [0.717, 1.165) is 5.56 Å². The molecule has 66 valence electrons. The first-order chi connectivity index (χ1) is 6.43. The third kappa shape index (κ3) is 4.15. The van der Waals surface area contributed by atoms with Crippen molar-refractivity contribution in [1.82, 2.24) is 0 Å². The van der Waals surface area contributed by atoms with Crippen molar-refractivity contribution < 1.29 is 4.74 Å². The van der Waals surface area contributed by atoms with E-state index < -0.39 is 0 Å². The quantitative estimate of drug-likeness (QED) is 0.386. The van der Waals surface area contributed by atoms with Crippen molar-refractivity contribution in [3.05, 3.63) is 48.6 Å². The van der Waals surface area contributed by atoms with Crippen molar-refractivity contribution in [3.63, 3.8) is 0 Å². The maximum atomic E-state index is 5.11. The highest BCUT2D eigenvalue weighted by molar-refractivity contribution is 5.33. The molecule has 1 aromatic rings. The van der Waals surface area contributed by atoms with Crippen LogP contribution in [0.5, 0.6) is 0 Å². The minimum absolute atomic E-state index is 0.459. The molecule has 0 aliphatic rings. The summed E-state index contributed by atoms with van der Waals surface area (Å²) in [6.45, 7) is 4.56. The fourth-order valence-electron chi connectivity index (χ4n) is 0.853. The molecule has 0 heterocycles. The Bertz CT molecular complexity index is 303. The van der Waals surface area contributed by atoms with Crippen molar-refractivity contribution in [2.45, 2.75) is 0 Å². The summed E-state index contributed by atoms with van der Waals surface area (Å²) in [5.74, 6) is 5.91. The Morgan fingerprint density at radius 1 is 1.31 bits per heavy atom. The summed E-state index contributed by atoms with van der Waals surface area (Å²) in [6.07, 6.45) is 1.71. The van der Waals surface area contributed by atoms with Crippen LogP contribution in [0.4, 0.5) is 0 Å². The molecule has 0 saturated carbocycles. The Hall–Kier alpha value is -1.52. The van der Waals surface area contributed by atoms with E-state index in [-0.39, 0.29) is 0 Å². The second-order valence-electron chi connectivity index (χ2n) is 2.47. The average Bonchev–Trinajstić information content (AvgIpc) is 2.19. The summed E-state index contributed by atoms with van der Waals surface area (Å²) in [5, 5.41) is 0. The number of benzene rings is 1. The van der Waals surface area contributed by atoms with Gasteiger partial charge in [0.1, 0.15) is 6.61 Å². The number of ether oxygens (including phenoxy) is 1. The molecule has 0 atom stereocenters. The monoisotopic (exact) mass is 172 g/mol. The number of hydrogen-bond donors (Lipinski definition) is 0. The fraction of sp³-hybridized carbons (Fsp3) is 0.167. The first-order valence-electron chi connectivity index (χ1n) is 4.16. The molecule has 0 bridgehead atoms. The van der Waals surface area contributed by atoms with Crippen LogP contribution in [-0.2, 0) is 4.74 Å². The molecule has 0 aliphatic heterocycles. The summed E-state index contributed by atoms with van der Waals surface area (Å²) in [7, 11) is 0. The molecule has 0 fully saturated rings. The molecule has 13 heavy (non-hydrogen) atoms. The molecule has 0 radical (unpaired) electrons. The fourth-order valence-corrected chi connectivity index (χ4v) is 0.853. The molecule has 0 unspecified atom stereocenters. The second-order valence-corrected chi connectivity index (χ2v) is 2.47. The molecule has 1 heteroatoms. The van der Waals surface area contributed by atoms with Crippen LogP contribution in [0.15, 0.2) is 43.0 Å². The van der Waals surface area contributed by atoms with Crippen LogP contribution >= 0.6 is 0 Å². The molecule has 1 nitrogen and oxygen atoms in total. The highest BCUT2D eigenvalue weighted by Crippen LogP contribution is 1.94. The van der Waals surface area contributed by atoms with E-state index in [9.17, 15) is 0 Å². The van der Waals surface area contributed by atoms with Gasteiger partial charge in [-0.05, 0) is 12.1 Å². The smallest absolute Gasteiger partial charge is 0.108 e. The molecule has 1 aromatic carbocycles. The van der Waals surface area contributed by atoms with Gasteiger partial charge in [-0.25, -0.2) is 0 Å². The maximum Gasteiger partial charge on any atom is 0.108 e. The molecule has 0 N–H and O–H groups in total. The van der Waals surface area contributed by atoms with Gasteiger partial charge in [-0.2, -0.15) is 0 Å². The zero-order chi connectivity index (χ0) is 9.36. The van der Waals surface area contributed by atoms with Gasteiger partial charge in [0.2, 0.25) is 0 Å². The minimum atomic E-state index is 0.459. The van der Waals surface area contributed by atoms with E-state index in [1.807, 2.05) is 30.3 Å². The predicted molar refractivity (Wildman–Crippen MR) is 54.3 cm³/mol. The van der Waals surface area contributed by atoms with E-state index in [1.165, 1.54) is 0 Å². The molecular formula is C12H12O. The van der Waals surface area contributed by atoms with Crippen LogP contribution < -0.4 is 0 Å². The van der Waals surface area contributed by atoms with E-state index >= 15 is 0 Å². The van der Waals surface area contributed by atoms with Gasteiger partial charge in [0.25, 0.3) is 0 Å². The van der Waals surface area contributed by atoms with Gasteiger partial charge >= 0.3 is 0 Å². The largest absolute Gasteiger partial charge is 0.365 e. The van der Waals surface area contributed by atoms with Crippen molar-refractivity contribution >= 4 is 0 Å². The highest BCUT2D eigenvalue weighted by atomic mass is 16.5. The van der Waals surface area contributed by atoms with E-state index in [2.05, 4.69) is 18.4 Å². The Morgan fingerprint density at radius 2 is 2.08 bits per heavy atom. The van der Waals surface area contributed by atoms with Crippen molar-refractivity contribution in [3.8, 4) is 11.8 Å². The molecule has 0 spiro atoms. The predicted octanol–water partition coefficient (Wildman–Crippen LogP) is 2.24. The Morgan fingerprint density at radius 3 is 2.77 bits per heavy atom. The van der Waals surface area contributed by atoms with Crippen LogP contribution in [-0.4, -0.2) is 13.2 Å². The van der Waals surface area contributed by atoms with Gasteiger partial charge < -0.3 is 4.74 Å². The van der Waals surface area contributed by atoms with Gasteiger partial charge in [-0.15, -0.1) is 6.58 Å². The van der Waals surface area contributed by atoms with Crippen LogP contribution in [0.2, 0.25) is 0 Å². The molecule has 1 rings (SSSR count). The Labute approximate surface area is 79.0 Å². The lowest BCUT2D eigenvalue weighted by molar-refractivity contribution is 0.199. The van der Waals surface area contributed by atoms with Crippen LogP contribution in [0, 0.1) is 11.8 Å². The van der Waals surface area contributed by atoms with Crippen LogP contribution in [0.1, 0.15) is 5.56 Å². The van der Waals surface area contributed by atoms with E-state index in [4.69, 9.17) is 4.74 Å². The topological polar surface area (TPSA) is 9.23 Å². The van der Waals surface area contributed by atoms with Gasteiger partial charge in [0, 0.05) is 5.56 Å². The zero-order valence-electron chi connectivity index (χ0n) is 7.49. The van der Waals surface area contributed by atoms with E-state index in [0.29, 0.717) is 13.2 Å². The maximum absolute atomic E-state index is 5.11. The SMILES string of the molecule is C=CCOCC#Cc1ccccc1. The first kappa shape index (κ1) is 9.57. The third-order valence-electron chi connectivity index (χ3n) is 1.42. The lowest BCUT2D eigenvalue weighted by atomic mass is 10.2. The van der Waals surface area contributed by atoms with Crippen molar-refractivity contribution in [1.29, 1.82) is 0 Å². The number of rotatable bonds is 3. The summed E-state index contributed by atoms with van der Waals surface area (Å²) < 4.78 is 5.11. The Kier molecular flexibility index (Phi) is 4.45. The molecular weight excluding hydrogens is 160 g/mol. The average molecular weight is 172 g/mol. The van der Waals surface area contributed by atoms with Crippen LogP contribution in [0.3, 0.4) is 0 Å². The standard InChI is InChI=1S/C12H12O/c1-2-10-13-11-6-9-12-7-4-3-5-8-12/h2-5,7-8H,1,10-11H2. The highest BCUT2D eigenvalue weighted by Gasteiger charge is 1.80. The minimum Gasteiger partial charge on any atom is -0.365 e. The summed E-state index contributed by atoms with van der Waals surface area (Å²) in [4.78, 5) is 0. The van der Waals surface area contributed by atoms with Gasteiger partial charge in [-0.1, -0.05) is 36.1 Å². The van der Waals surface area contributed by atoms with Crippen molar-refractivity contribution in [2.75, 3.05) is 13.2 Å². The van der Waals surface area contributed by atoms with Crippen molar-refractivity contribution in [2.24, 2.45) is 0 Å². The summed E-state index contributed by atoms with van der Waals surface area (Å²) in [5.41, 5.74) is 1.02. The van der Waals surface area contributed by atoms with Crippen LogP contribution in [0.25, 0.3) is 0 Å². The van der Waals surface area contributed by atoms with Gasteiger partial charge in [0.15, 0.2) is 0 Å². The Balaban J connectivity index is 2.35.